The quantitative estimate of drug-likeness (QED) is 0.367. The molecule has 6 rings (SSSR count). The summed E-state index contributed by atoms with van der Waals surface area (Å²) in [6.07, 6.45) is 1.81. The van der Waals surface area contributed by atoms with E-state index in [1.165, 1.54) is 9.13 Å². The summed E-state index contributed by atoms with van der Waals surface area (Å²) in [5, 5.41) is 11.6. The second kappa shape index (κ2) is 10.1. The van der Waals surface area contributed by atoms with Gasteiger partial charge in [-0.25, -0.2) is 4.79 Å². The summed E-state index contributed by atoms with van der Waals surface area (Å²) >= 11 is 0. The molecule has 202 valence electrons. The van der Waals surface area contributed by atoms with Crippen molar-refractivity contribution in [2.24, 2.45) is 12.8 Å². The predicted octanol–water partition coefficient (Wildman–Crippen LogP) is 2.65. The molecule has 1 atom stereocenters. The van der Waals surface area contributed by atoms with Gasteiger partial charge < -0.3 is 10.6 Å². The molecule has 40 heavy (non-hydrogen) atoms. The van der Waals surface area contributed by atoms with Crippen molar-refractivity contribution in [3.63, 3.8) is 0 Å². The van der Waals surface area contributed by atoms with Crippen LogP contribution in [0.25, 0.3) is 21.9 Å². The molecule has 1 fully saturated rings. The standard InChI is InChI=1S/C30H30N8O2/c1-19-14-20-8-5-6-12-24(20)25(33-19)18-38-28(39)26-27(35(2)30(38)40)34-29(36-13-7-11-23(32)17-36)37(26)16-22-10-4-3-9-21(22)15-31/h3-6,8-10,12,14,23H,7,11,13,16-18,32H2,1-2H3. The van der Waals surface area contributed by atoms with E-state index in [2.05, 4.69) is 11.0 Å². The molecule has 0 spiro atoms. The molecule has 1 unspecified atom stereocenters. The number of aromatic nitrogens is 5. The Morgan fingerprint density at radius 1 is 1.05 bits per heavy atom. The molecule has 1 aliphatic heterocycles. The third-order valence-corrected chi connectivity index (χ3v) is 7.67. The topological polar surface area (TPSA) is 128 Å². The molecule has 2 N–H and O–H groups in total. The number of hydrogen-bond acceptors (Lipinski definition) is 7. The highest BCUT2D eigenvalue weighted by atomic mass is 16.2. The third kappa shape index (κ3) is 4.34. The lowest BCUT2D eigenvalue weighted by molar-refractivity contribution is 0.495. The number of benzene rings is 2. The van der Waals surface area contributed by atoms with Gasteiger partial charge in [-0.1, -0.05) is 42.5 Å². The maximum atomic E-state index is 14.2. The average Bonchev–Trinajstić information content (AvgIpc) is 3.33. The molecule has 0 saturated carbocycles. The second-order valence-corrected chi connectivity index (χ2v) is 10.5. The number of nitriles is 1. The summed E-state index contributed by atoms with van der Waals surface area (Å²) < 4.78 is 4.50. The Labute approximate surface area is 230 Å². The Kier molecular flexibility index (Phi) is 6.44. The van der Waals surface area contributed by atoms with Gasteiger partial charge >= 0.3 is 5.69 Å². The molecule has 3 aromatic heterocycles. The van der Waals surface area contributed by atoms with E-state index in [0.717, 1.165) is 41.4 Å². The van der Waals surface area contributed by atoms with Gasteiger partial charge in [0.1, 0.15) is 0 Å². The number of rotatable bonds is 5. The van der Waals surface area contributed by atoms with Gasteiger partial charge in [0.2, 0.25) is 5.95 Å². The number of anilines is 1. The molecule has 10 heteroatoms. The SMILES string of the molecule is Cc1cc2ccccc2c(Cn2c(=O)c3c(nc(N4CCCC(N)C4)n3Cc3ccccc3C#N)n(C)c2=O)n1. The van der Waals surface area contributed by atoms with Crippen LogP contribution in [0, 0.1) is 18.3 Å². The molecule has 0 bridgehead atoms. The van der Waals surface area contributed by atoms with Crippen molar-refractivity contribution in [1.82, 2.24) is 23.7 Å². The Balaban J connectivity index is 1.59. The summed E-state index contributed by atoms with van der Waals surface area (Å²) in [4.78, 5) is 39.4. The van der Waals surface area contributed by atoms with Crippen molar-refractivity contribution in [2.45, 2.75) is 38.9 Å². The number of fused-ring (bicyclic) bond motifs is 2. The van der Waals surface area contributed by atoms with E-state index in [4.69, 9.17) is 15.7 Å². The average molecular weight is 535 g/mol. The van der Waals surface area contributed by atoms with E-state index in [1.54, 1.807) is 13.1 Å². The number of piperidine rings is 1. The van der Waals surface area contributed by atoms with E-state index in [0.29, 0.717) is 34.9 Å². The third-order valence-electron chi connectivity index (χ3n) is 7.67. The lowest BCUT2D eigenvalue weighted by Gasteiger charge is -2.32. The molecule has 5 aromatic rings. The van der Waals surface area contributed by atoms with E-state index < -0.39 is 11.2 Å². The van der Waals surface area contributed by atoms with Crippen molar-refractivity contribution in [3.8, 4) is 6.07 Å². The van der Waals surface area contributed by atoms with Gasteiger partial charge in [0.25, 0.3) is 5.56 Å². The van der Waals surface area contributed by atoms with E-state index in [-0.39, 0.29) is 19.1 Å². The fraction of sp³-hybridized carbons (Fsp3) is 0.300. The van der Waals surface area contributed by atoms with Gasteiger partial charge in [0, 0.05) is 37.3 Å². The van der Waals surface area contributed by atoms with E-state index >= 15 is 0 Å². The first-order valence-corrected chi connectivity index (χ1v) is 13.4. The lowest BCUT2D eigenvalue weighted by atomic mass is 10.1. The number of pyridine rings is 1. The van der Waals surface area contributed by atoms with Gasteiger partial charge in [0.05, 0.1) is 30.4 Å². The minimum atomic E-state index is -0.464. The van der Waals surface area contributed by atoms with Crippen LogP contribution in [-0.4, -0.2) is 42.8 Å². The zero-order valence-electron chi connectivity index (χ0n) is 22.5. The smallest absolute Gasteiger partial charge is 0.332 e. The van der Waals surface area contributed by atoms with Crippen LogP contribution in [0.2, 0.25) is 0 Å². The summed E-state index contributed by atoms with van der Waals surface area (Å²) in [6, 6.07) is 19.4. The fourth-order valence-electron chi connectivity index (χ4n) is 5.71. The second-order valence-electron chi connectivity index (χ2n) is 10.5. The highest BCUT2D eigenvalue weighted by Gasteiger charge is 2.27. The van der Waals surface area contributed by atoms with Crippen LogP contribution in [0.1, 0.15) is 35.4 Å². The van der Waals surface area contributed by atoms with Gasteiger partial charge in [-0.15, -0.1) is 0 Å². The fourth-order valence-corrected chi connectivity index (χ4v) is 5.71. The summed E-state index contributed by atoms with van der Waals surface area (Å²) in [6.45, 7) is 3.49. The normalized spacial score (nSPS) is 15.6. The van der Waals surface area contributed by atoms with E-state index in [9.17, 15) is 14.9 Å². The van der Waals surface area contributed by atoms with Crippen LogP contribution >= 0.6 is 0 Å². The Morgan fingerprint density at radius 2 is 1.82 bits per heavy atom. The van der Waals surface area contributed by atoms with E-state index in [1.807, 2.05) is 60.0 Å². The summed E-state index contributed by atoms with van der Waals surface area (Å²) in [5.41, 5.74) is 8.75. The summed E-state index contributed by atoms with van der Waals surface area (Å²) in [5.74, 6) is 0.571. The summed E-state index contributed by atoms with van der Waals surface area (Å²) in [7, 11) is 1.63. The molecule has 4 heterocycles. The van der Waals surface area contributed by atoms with Crippen LogP contribution in [0.4, 0.5) is 5.95 Å². The Hall–Kier alpha value is -4.75. The Bertz CT molecular complexity index is 1930. The van der Waals surface area contributed by atoms with Gasteiger partial charge in [-0.2, -0.15) is 10.2 Å². The molecule has 0 amide bonds. The number of aryl methyl sites for hydroxylation is 2. The highest BCUT2D eigenvalue weighted by Crippen LogP contribution is 2.25. The molecule has 1 aliphatic rings. The largest absolute Gasteiger partial charge is 0.341 e. The van der Waals surface area contributed by atoms with Crippen LogP contribution in [0.5, 0.6) is 0 Å². The van der Waals surface area contributed by atoms with Crippen LogP contribution in [-0.2, 0) is 20.1 Å². The van der Waals surface area contributed by atoms with Crippen molar-refractivity contribution >= 4 is 27.9 Å². The van der Waals surface area contributed by atoms with Crippen LogP contribution in [0.15, 0.2) is 64.2 Å². The van der Waals surface area contributed by atoms with Gasteiger partial charge in [-0.3, -0.25) is 23.5 Å². The highest BCUT2D eigenvalue weighted by molar-refractivity contribution is 5.85. The zero-order chi connectivity index (χ0) is 28.0. The van der Waals surface area contributed by atoms with Crippen molar-refractivity contribution in [1.29, 1.82) is 5.26 Å². The van der Waals surface area contributed by atoms with Crippen LogP contribution < -0.4 is 21.9 Å². The number of nitrogens with zero attached hydrogens (tertiary/aromatic N) is 7. The van der Waals surface area contributed by atoms with Crippen molar-refractivity contribution < 1.29 is 0 Å². The molecular weight excluding hydrogens is 504 g/mol. The van der Waals surface area contributed by atoms with Gasteiger partial charge in [-0.05, 0) is 42.8 Å². The predicted molar refractivity (Wildman–Crippen MR) is 154 cm³/mol. The van der Waals surface area contributed by atoms with Crippen molar-refractivity contribution in [2.75, 3.05) is 18.0 Å². The molecule has 2 aromatic carbocycles. The van der Waals surface area contributed by atoms with Crippen molar-refractivity contribution in [3.05, 3.63) is 98.0 Å². The number of hydrogen-bond donors (Lipinski definition) is 1. The number of nitrogens with two attached hydrogens (primary N) is 1. The molecule has 0 radical (unpaired) electrons. The van der Waals surface area contributed by atoms with Gasteiger partial charge in [0.15, 0.2) is 11.2 Å². The molecule has 0 aliphatic carbocycles. The Morgan fingerprint density at radius 3 is 2.62 bits per heavy atom. The minimum Gasteiger partial charge on any atom is -0.341 e. The maximum Gasteiger partial charge on any atom is 0.332 e. The number of imidazole rings is 1. The zero-order valence-corrected chi connectivity index (χ0v) is 22.5. The maximum absolute atomic E-state index is 14.2. The monoisotopic (exact) mass is 534 g/mol. The first-order chi connectivity index (χ1) is 19.4. The first-order valence-electron chi connectivity index (χ1n) is 13.4. The molecule has 10 nitrogen and oxygen atoms in total. The lowest BCUT2D eigenvalue weighted by Crippen LogP contribution is -2.44. The molecular formula is C30H30N8O2. The molecule has 1 saturated heterocycles. The van der Waals surface area contributed by atoms with Crippen LogP contribution in [0.3, 0.4) is 0 Å². The first kappa shape index (κ1) is 25.5. The minimum absolute atomic E-state index is 0.0189.